The maximum atomic E-state index is 11.2. The van der Waals surface area contributed by atoms with Gasteiger partial charge in [-0.15, -0.1) is 0 Å². The molecule has 0 fully saturated rings. The molecule has 24 heavy (non-hydrogen) atoms. The Kier molecular flexibility index (Phi) is 3.20. The standard InChI is InChI=1S/C19H15N3O2/c1-12-5-2-3-6-14(12)20-18-17-7-4-10-22(17)16-9-8-13(19(23)24)11-15(16)21-18/h2-11H,1H3,(H,20,21)(H,23,24). The lowest BCUT2D eigenvalue weighted by molar-refractivity contribution is 0.0697. The van der Waals surface area contributed by atoms with Crippen LogP contribution in [-0.4, -0.2) is 20.5 Å². The van der Waals surface area contributed by atoms with Crippen molar-refractivity contribution in [1.29, 1.82) is 0 Å². The van der Waals surface area contributed by atoms with Gasteiger partial charge < -0.3 is 14.8 Å². The first-order valence-corrected chi connectivity index (χ1v) is 7.60. The highest BCUT2D eigenvalue weighted by Crippen LogP contribution is 2.27. The highest BCUT2D eigenvalue weighted by molar-refractivity contribution is 5.94. The van der Waals surface area contributed by atoms with Crippen LogP contribution in [-0.2, 0) is 0 Å². The highest BCUT2D eigenvalue weighted by atomic mass is 16.4. The molecule has 118 valence electrons. The quantitative estimate of drug-likeness (QED) is 0.593. The molecule has 4 rings (SSSR count). The summed E-state index contributed by atoms with van der Waals surface area (Å²) in [4.78, 5) is 15.9. The fourth-order valence-corrected chi connectivity index (χ4v) is 2.84. The van der Waals surface area contributed by atoms with Gasteiger partial charge in [-0.25, -0.2) is 9.78 Å². The minimum atomic E-state index is -0.959. The number of fused-ring (bicyclic) bond motifs is 3. The molecule has 0 atom stereocenters. The lowest BCUT2D eigenvalue weighted by atomic mass is 10.2. The molecule has 0 amide bonds. The van der Waals surface area contributed by atoms with E-state index in [9.17, 15) is 9.90 Å². The van der Waals surface area contributed by atoms with Gasteiger partial charge in [0.2, 0.25) is 0 Å². The van der Waals surface area contributed by atoms with Crippen molar-refractivity contribution in [3.8, 4) is 0 Å². The summed E-state index contributed by atoms with van der Waals surface area (Å²) < 4.78 is 2.01. The molecule has 2 N–H and O–H groups in total. The fourth-order valence-electron chi connectivity index (χ4n) is 2.84. The van der Waals surface area contributed by atoms with E-state index >= 15 is 0 Å². The van der Waals surface area contributed by atoms with Crippen molar-refractivity contribution in [2.24, 2.45) is 0 Å². The number of carboxylic acid groups (broad SMARTS) is 1. The molecule has 5 nitrogen and oxygen atoms in total. The topological polar surface area (TPSA) is 66.6 Å². The van der Waals surface area contributed by atoms with Gasteiger partial charge >= 0.3 is 5.97 Å². The van der Waals surface area contributed by atoms with Crippen LogP contribution in [0.2, 0.25) is 0 Å². The predicted octanol–water partition coefficient (Wildman–Crippen LogP) is 4.24. The summed E-state index contributed by atoms with van der Waals surface area (Å²) in [5.74, 6) is -0.260. The lowest BCUT2D eigenvalue weighted by Gasteiger charge is -2.12. The fraction of sp³-hybridized carbons (Fsp3) is 0.0526. The van der Waals surface area contributed by atoms with Crippen LogP contribution in [0.4, 0.5) is 11.5 Å². The molecule has 0 saturated heterocycles. The first kappa shape index (κ1) is 14.3. The number of anilines is 2. The van der Waals surface area contributed by atoms with E-state index in [-0.39, 0.29) is 5.56 Å². The molecule has 5 heteroatoms. The first-order chi connectivity index (χ1) is 11.6. The molecular formula is C19H15N3O2. The second kappa shape index (κ2) is 5.38. The summed E-state index contributed by atoms with van der Waals surface area (Å²) in [5.41, 5.74) is 4.76. The summed E-state index contributed by atoms with van der Waals surface area (Å²) >= 11 is 0. The smallest absolute Gasteiger partial charge is 0.335 e. The lowest BCUT2D eigenvalue weighted by Crippen LogP contribution is -2.02. The minimum Gasteiger partial charge on any atom is -0.478 e. The Labute approximate surface area is 138 Å². The van der Waals surface area contributed by atoms with Crippen LogP contribution < -0.4 is 5.32 Å². The van der Waals surface area contributed by atoms with Crippen LogP contribution in [0.1, 0.15) is 15.9 Å². The van der Waals surface area contributed by atoms with E-state index in [0.717, 1.165) is 22.3 Å². The van der Waals surface area contributed by atoms with E-state index in [2.05, 4.69) is 10.3 Å². The highest BCUT2D eigenvalue weighted by Gasteiger charge is 2.11. The molecule has 2 aromatic heterocycles. The molecule has 0 aliphatic rings. The van der Waals surface area contributed by atoms with Crippen LogP contribution in [0.25, 0.3) is 16.6 Å². The maximum Gasteiger partial charge on any atom is 0.335 e. The van der Waals surface area contributed by atoms with Crippen molar-refractivity contribution in [2.45, 2.75) is 6.92 Å². The number of hydrogen-bond acceptors (Lipinski definition) is 3. The van der Waals surface area contributed by atoms with Crippen LogP contribution >= 0.6 is 0 Å². The van der Waals surface area contributed by atoms with Crippen molar-refractivity contribution in [1.82, 2.24) is 9.38 Å². The molecule has 0 radical (unpaired) electrons. The van der Waals surface area contributed by atoms with Crippen LogP contribution in [0.15, 0.2) is 60.8 Å². The number of carbonyl (C=O) groups is 1. The van der Waals surface area contributed by atoms with E-state index < -0.39 is 5.97 Å². The Balaban J connectivity index is 1.94. The molecular weight excluding hydrogens is 302 g/mol. The Morgan fingerprint density at radius 2 is 1.92 bits per heavy atom. The largest absolute Gasteiger partial charge is 0.478 e. The van der Waals surface area contributed by atoms with Crippen LogP contribution in [0.5, 0.6) is 0 Å². The third-order valence-corrected chi connectivity index (χ3v) is 4.10. The third kappa shape index (κ3) is 2.27. The van der Waals surface area contributed by atoms with Gasteiger partial charge in [0, 0.05) is 11.9 Å². The van der Waals surface area contributed by atoms with E-state index in [1.807, 2.05) is 53.9 Å². The summed E-state index contributed by atoms with van der Waals surface area (Å²) in [6.45, 7) is 2.03. The van der Waals surface area contributed by atoms with Crippen LogP contribution in [0.3, 0.4) is 0 Å². The molecule has 0 aliphatic carbocycles. The summed E-state index contributed by atoms with van der Waals surface area (Å²) in [6, 6.07) is 16.9. The van der Waals surface area contributed by atoms with E-state index in [1.54, 1.807) is 18.2 Å². The normalized spacial score (nSPS) is 11.0. The molecule has 0 saturated carbocycles. The number of aromatic carboxylic acids is 1. The second-order valence-corrected chi connectivity index (χ2v) is 5.67. The SMILES string of the molecule is Cc1ccccc1Nc1nc2cc(C(=O)O)ccc2n2cccc12. The van der Waals surface area contributed by atoms with E-state index in [1.165, 1.54) is 0 Å². The average Bonchev–Trinajstić information content (AvgIpc) is 3.06. The molecule has 2 aromatic carbocycles. The number of benzene rings is 2. The van der Waals surface area contributed by atoms with Crippen molar-refractivity contribution in [3.05, 3.63) is 71.9 Å². The number of hydrogen-bond donors (Lipinski definition) is 2. The zero-order valence-corrected chi connectivity index (χ0v) is 13.0. The molecule has 4 aromatic rings. The second-order valence-electron chi connectivity index (χ2n) is 5.67. The number of carboxylic acids is 1. The van der Waals surface area contributed by atoms with Crippen molar-refractivity contribution < 1.29 is 9.90 Å². The van der Waals surface area contributed by atoms with Crippen molar-refractivity contribution in [3.63, 3.8) is 0 Å². The molecule has 0 spiro atoms. The van der Waals surface area contributed by atoms with Gasteiger partial charge in [0.1, 0.15) is 0 Å². The molecule has 0 bridgehead atoms. The number of aryl methyl sites for hydroxylation is 1. The number of nitrogens with zero attached hydrogens (tertiary/aromatic N) is 2. The Hall–Kier alpha value is -3.34. The average molecular weight is 317 g/mol. The Morgan fingerprint density at radius 3 is 2.71 bits per heavy atom. The van der Waals surface area contributed by atoms with Gasteiger partial charge in [-0.05, 0) is 48.9 Å². The Bertz CT molecular complexity index is 1080. The van der Waals surface area contributed by atoms with Crippen molar-refractivity contribution >= 4 is 34.0 Å². The molecule has 2 heterocycles. The summed E-state index contributed by atoms with van der Waals surface area (Å²) in [7, 11) is 0. The number of nitrogens with one attached hydrogen (secondary N) is 1. The molecule has 0 unspecified atom stereocenters. The van der Waals surface area contributed by atoms with Crippen LogP contribution in [0, 0.1) is 6.92 Å². The number of aromatic nitrogens is 2. The van der Waals surface area contributed by atoms with Gasteiger partial charge in [-0.3, -0.25) is 0 Å². The van der Waals surface area contributed by atoms with Gasteiger partial charge in [0.05, 0.1) is 22.1 Å². The van der Waals surface area contributed by atoms with Gasteiger partial charge in [0.15, 0.2) is 5.82 Å². The predicted molar refractivity (Wildman–Crippen MR) is 94.1 cm³/mol. The number of para-hydroxylation sites is 1. The Morgan fingerprint density at radius 1 is 1.08 bits per heavy atom. The van der Waals surface area contributed by atoms with E-state index in [0.29, 0.717) is 11.3 Å². The van der Waals surface area contributed by atoms with Gasteiger partial charge in [-0.1, -0.05) is 18.2 Å². The third-order valence-electron chi connectivity index (χ3n) is 4.10. The summed E-state index contributed by atoms with van der Waals surface area (Å²) in [5, 5.41) is 12.6. The monoisotopic (exact) mass is 317 g/mol. The number of rotatable bonds is 3. The van der Waals surface area contributed by atoms with Gasteiger partial charge in [0.25, 0.3) is 0 Å². The molecule has 0 aliphatic heterocycles. The van der Waals surface area contributed by atoms with Crippen molar-refractivity contribution in [2.75, 3.05) is 5.32 Å². The zero-order chi connectivity index (χ0) is 16.7. The zero-order valence-electron chi connectivity index (χ0n) is 13.0. The maximum absolute atomic E-state index is 11.2. The van der Waals surface area contributed by atoms with E-state index in [4.69, 9.17) is 0 Å². The minimum absolute atomic E-state index is 0.225. The first-order valence-electron chi connectivity index (χ1n) is 7.60. The van der Waals surface area contributed by atoms with Gasteiger partial charge in [-0.2, -0.15) is 0 Å². The summed E-state index contributed by atoms with van der Waals surface area (Å²) in [6.07, 6.45) is 1.95.